The van der Waals surface area contributed by atoms with Gasteiger partial charge in [-0.05, 0) is 20.0 Å². The predicted molar refractivity (Wildman–Crippen MR) is 83.0 cm³/mol. The molecule has 0 saturated heterocycles. The summed E-state index contributed by atoms with van der Waals surface area (Å²) in [5, 5.41) is 16.9. The summed E-state index contributed by atoms with van der Waals surface area (Å²) in [5.74, 6) is 0.619. The lowest BCUT2D eigenvalue weighted by molar-refractivity contribution is -0.384. The highest BCUT2D eigenvalue weighted by atomic mass is 32.1. The Morgan fingerprint density at radius 1 is 1.48 bits per heavy atom. The Labute approximate surface area is 126 Å². The first-order valence-electron chi connectivity index (χ1n) is 6.66. The van der Waals surface area contributed by atoms with Gasteiger partial charge in [-0.25, -0.2) is 4.98 Å². The zero-order chi connectivity index (χ0) is 15.2. The van der Waals surface area contributed by atoms with E-state index in [1.165, 1.54) is 12.1 Å². The van der Waals surface area contributed by atoms with Crippen molar-refractivity contribution in [3.63, 3.8) is 0 Å². The van der Waals surface area contributed by atoms with Crippen LogP contribution in [0.3, 0.4) is 0 Å². The van der Waals surface area contributed by atoms with Crippen molar-refractivity contribution in [1.82, 2.24) is 10.3 Å². The molecule has 0 aliphatic heterocycles. The van der Waals surface area contributed by atoms with E-state index in [0.717, 1.165) is 23.7 Å². The van der Waals surface area contributed by atoms with Crippen molar-refractivity contribution in [3.05, 3.63) is 38.7 Å². The molecule has 0 atom stereocenters. The number of ether oxygens (including phenoxy) is 1. The van der Waals surface area contributed by atoms with Crippen LogP contribution >= 0.6 is 11.3 Å². The molecule has 2 rings (SSSR count). The highest BCUT2D eigenvalue weighted by Gasteiger charge is 2.15. The van der Waals surface area contributed by atoms with Crippen molar-refractivity contribution in [3.8, 4) is 17.0 Å². The van der Waals surface area contributed by atoms with Crippen molar-refractivity contribution in [2.75, 3.05) is 20.2 Å². The standard InChI is InChI=1S/C14H17N3O3S/c1-3-20-13-5-4-10(17(18)19)8-11(13)12-9-21-14(16-12)6-7-15-2/h4-5,8-9,15H,3,6-7H2,1-2H3. The Balaban J connectivity index is 2.37. The maximum absolute atomic E-state index is 10.9. The number of rotatable bonds is 7. The van der Waals surface area contributed by atoms with Gasteiger partial charge >= 0.3 is 0 Å². The molecule has 21 heavy (non-hydrogen) atoms. The average molecular weight is 307 g/mol. The molecule has 2 aromatic rings. The van der Waals surface area contributed by atoms with Crippen molar-refractivity contribution >= 4 is 17.0 Å². The van der Waals surface area contributed by atoms with Gasteiger partial charge in [0.1, 0.15) is 5.75 Å². The number of non-ortho nitro benzene ring substituents is 1. The first-order valence-corrected chi connectivity index (χ1v) is 7.54. The Kier molecular flexibility index (Phi) is 5.24. The normalized spacial score (nSPS) is 10.6. The van der Waals surface area contributed by atoms with E-state index in [1.807, 2.05) is 19.4 Å². The second-order valence-corrected chi connectivity index (χ2v) is 5.29. The predicted octanol–water partition coefficient (Wildman–Crippen LogP) is 2.88. The van der Waals surface area contributed by atoms with Crippen LogP contribution in [0.4, 0.5) is 5.69 Å². The van der Waals surface area contributed by atoms with Gasteiger partial charge in [-0.15, -0.1) is 11.3 Å². The summed E-state index contributed by atoms with van der Waals surface area (Å²) in [6.07, 6.45) is 0.833. The van der Waals surface area contributed by atoms with Crippen LogP contribution in [-0.4, -0.2) is 30.1 Å². The summed E-state index contributed by atoms with van der Waals surface area (Å²) in [4.78, 5) is 15.1. The molecule has 0 amide bonds. The van der Waals surface area contributed by atoms with Gasteiger partial charge in [0.15, 0.2) is 0 Å². The number of likely N-dealkylation sites (N-methyl/N-ethyl adjacent to an activating group) is 1. The number of aromatic nitrogens is 1. The average Bonchev–Trinajstić information content (AvgIpc) is 2.94. The highest BCUT2D eigenvalue weighted by Crippen LogP contribution is 2.34. The van der Waals surface area contributed by atoms with E-state index in [0.29, 0.717) is 17.9 Å². The number of nitro groups is 1. The first-order chi connectivity index (χ1) is 10.2. The number of hydrogen-bond acceptors (Lipinski definition) is 6. The molecule has 0 unspecified atom stereocenters. The minimum absolute atomic E-state index is 0.0400. The smallest absolute Gasteiger partial charge is 0.270 e. The SMILES string of the molecule is CCOc1ccc([N+](=O)[O-])cc1-c1csc(CCNC)n1. The first kappa shape index (κ1) is 15.4. The van der Waals surface area contributed by atoms with Crippen LogP contribution in [0.2, 0.25) is 0 Å². The zero-order valence-corrected chi connectivity index (χ0v) is 12.8. The summed E-state index contributed by atoms with van der Waals surface area (Å²) >= 11 is 1.55. The fourth-order valence-electron chi connectivity index (χ4n) is 1.89. The van der Waals surface area contributed by atoms with Crippen molar-refractivity contribution in [2.24, 2.45) is 0 Å². The van der Waals surface area contributed by atoms with Crippen LogP contribution in [0.1, 0.15) is 11.9 Å². The van der Waals surface area contributed by atoms with Gasteiger partial charge in [-0.1, -0.05) is 0 Å². The lowest BCUT2D eigenvalue weighted by atomic mass is 10.1. The Morgan fingerprint density at radius 2 is 2.29 bits per heavy atom. The van der Waals surface area contributed by atoms with Crippen LogP contribution in [0.25, 0.3) is 11.3 Å². The highest BCUT2D eigenvalue weighted by molar-refractivity contribution is 7.09. The Morgan fingerprint density at radius 3 is 2.95 bits per heavy atom. The molecule has 1 aromatic carbocycles. The third kappa shape index (κ3) is 3.77. The molecule has 0 saturated carbocycles. The van der Waals surface area contributed by atoms with E-state index in [1.54, 1.807) is 17.4 Å². The van der Waals surface area contributed by atoms with Crippen molar-refractivity contribution in [2.45, 2.75) is 13.3 Å². The maximum atomic E-state index is 10.9. The van der Waals surface area contributed by atoms with Gasteiger partial charge in [0.2, 0.25) is 0 Å². The number of hydrogen-bond donors (Lipinski definition) is 1. The Bertz CT molecular complexity index is 628. The third-order valence-electron chi connectivity index (χ3n) is 2.89. The Hall–Kier alpha value is -1.99. The molecule has 0 radical (unpaired) electrons. The van der Waals surface area contributed by atoms with E-state index < -0.39 is 4.92 Å². The van der Waals surface area contributed by atoms with Crippen LogP contribution in [-0.2, 0) is 6.42 Å². The minimum Gasteiger partial charge on any atom is -0.493 e. The molecule has 7 heteroatoms. The van der Waals surface area contributed by atoms with Crippen LogP contribution < -0.4 is 10.1 Å². The molecule has 0 aliphatic rings. The number of nitro benzene ring substituents is 1. The second kappa shape index (κ2) is 7.14. The number of nitrogens with one attached hydrogen (secondary N) is 1. The van der Waals surface area contributed by atoms with Crippen LogP contribution in [0.15, 0.2) is 23.6 Å². The fourth-order valence-corrected chi connectivity index (χ4v) is 2.69. The molecule has 1 N–H and O–H groups in total. The van der Waals surface area contributed by atoms with Gasteiger partial charge < -0.3 is 10.1 Å². The zero-order valence-electron chi connectivity index (χ0n) is 12.0. The fraction of sp³-hybridized carbons (Fsp3) is 0.357. The number of nitrogens with zero attached hydrogens (tertiary/aromatic N) is 2. The number of benzene rings is 1. The lowest BCUT2D eigenvalue weighted by Gasteiger charge is -2.08. The quantitative estimate of drug-likeness (QED) is 0.628. The molecule has 0 bridgehead atoms. The summed E-state index contributed by atoms with van der Waals surface area (Å²) in [6.45, 7) is 3.23. The van der Waals surface area contributed by atoms with Gasteiger partial charge in [-0.3, -0.25) is 10.1 Å². The van der Waals surface area contributed by atoms with Crippen LogP contribution in [0.5, 0.6) is 5.75 Å². The molecule has 1 aromatic heterocycles. The largest absolute Gasteiger partial charge is 0.493 e. The lowest BCUT2D eigenvalue weighted by Crippen LogP contribution is -2.09. The monoisotopic (exact) mass is 307 g/mol. The van der Waals surface area contributed by atoms with E-state index in [2.05, 4.69) is 10.3 Å². The molecular weight excluding hydrogens is 290 g/mol. The topological polar surface area (TPSA) is 77.3 Å². The summed E-state index contributed by atoms with van der Waals surface area (Å²) in [7, 11) is 1.89. The van der Waals surface area contributed by atoms with Gasteiger partial charge in [0.25, 0.3) is 5.69 Å². The molecule has 0 spiro atoms. The molecular formula is C14H17N3O3S. The third-order valence-corrected chi connectivity index (χ3v) is 3.80. The van der Waals surface area contributed by atoms with Crippen LogP contribution in [0, 0.1) is 10.1 Å². The minimum atomic E-state index is -0.409. The summed E-state index contributed by atoms with van der Waals surface area (Å²) in [5.41, 5.74) is 1.43. The van der Waals surface area contributed by atoms with Crippen molar-refractivity contribution in [1.29, 1.82) is 0 Å². The van der Waals surface area contributed by atoms with Gasteiger partial charge in [0, 0.05) is 36.0 Å². The summed E-state index contributed by atoms with van der Waals surface area (Å²) in [6, 6.07) is 4.59. The molecule has 112 valence electrons. The molecule has 0 fully saturated rings. The molecule has 0 aliphatic carbocycles. The van der Waals surface area contributed by atoms with E-state index in [4.69, 9.17) is 4.74 Å². The summed E-state index contributed by atoms with van der Waals surface area (Å²) < 4.78 is 5.55. The number of thiazole rings is 1. The molecule has 1 heterocycles. The van der Waals surface area contributed by atoms with Crippen molar-refractivity contribution < 1.29 is 9.66 Å². The van der Waals surface area contributed by atoms with E-state index in [9.17, 15) is 10.1 Å². The van der Waals surface area contributed by atoms with E-state index in [-0.39, 0.29) is 5.69 Å². The van der Waals surface area contributed by atoms with Gasteiger partial charge in [-0.2, -0.15) is 0 Å². The second-order valence-electron chi connectivity index (χ2n) is 4.35. The maximum Gasteiger partial charge on any atom is 0.270 e. The molecule has 6 nitrogen and oxygen atoms in total. The van der Waals surface area contributed by atoms with Gasteiger partial charge in [0.05, 0.1) is 22.2 Å². The van der Waals surface area contributed by atoms with E-state index >= 15 is 0 Å².